The number of nitrogens with zero attached hydrogens (tertiary/aromatic N) is 5. The first kappa shape index (κ1) is 31.3. The number of likely N-dealkylation sites (tertiary alicyclic amines) is 2. The summed E-state index contributed by atoms with van der Waals surface area (Å²) in [4.78, 5) is 44.7. The van der Waals surface area contributed by atoms with Gasteiger partial charge in [-0.25, -0.2) is 9.07 Å². The van der Waals surface area contributed by atoms with Crippen molar-refractivity contribution < 1.29 is 27.9 Å². The topological polar surface area (TPSA) is 97.6 Å². The number of halogens is 2. The Morgan fingerprint density at radius 2 is 1.77 bits per heavy atom. The van der Waals surface area contributed by atoms with Crippen LogP contribution in [0.3, 0.4) is 0 Å². The first-order chi connectivity index (χ1) is 20.8. The molecule has 2 aliphatic rings. The van der Waals surface area contributed by atoms with Crippen LogP contribution >= 0.6 is 0 Å². The standard InChI is InChI=1S/C33H39F2N5O4/c1-7-44-25-14-13-23(27(34)28(25)35)24-19-39(37-36-24)22-15-16-32(4,5)38(18-22)30(42)29(21-11-9-8-10-12-21)40-26(41)17-33(6,20(2)3)31(40)43/h8-14,19-20,22,29H,7,15-18H2,1-6H3. The summed E-state index contributed by atoms with van der Waals surface area (Å²) in [5, 5.41) is 8.33. The Bertz CT molecular complexity index is 1570. The van der Waals surface area contributed by atoms with E-state index < -0.39 is 28.6 Å². The molecule has 1 aromatic heterocycles. The van der Waals surface area contributed by atoms with Crippen molar-refractivity contribution in [2.24, 2.45) is 11.3 Å². The normalized spacial score (nSPS) is 22.5. The number of carbonyl (C=O) groups excluding carboxylic acids is 3. The fourth-order valence-electron chi connectivity index (χ4n) is 6.14. The van der Waals surface area contributed by atoms with Crippen molar-refractivity contribution in [1.29, 1.82) is 0 Å². The van der Waals surface area contributed by atoms with Crippen LogP contribution in [0.15, 0.2) is 48.7 Å². The molecule has 11 heteroatoms. The number of carbonyl (C=O) groups is 3. The van der Waals surface area contributed by atoms with Gasteiger partial charge in [-0.15, -0.1) is 5.10 Å². The first-order valence-corrected chi connectivity index (χ1v) is 15.1. The number of ether oxygens (including phenoxy) is 1. The van der Waals surface area contributed by atoms with Crippen LogP contribution in [-0.4, -0.2) is 61.2 Å². The summed E-state index contributed by atoms with van der Waals surface area (Å²) >= 11 is 0. The number of piperidine rings is 1. The van der Waals surface area contributed by atoms with Crippen molar-refractivity contribution in [2.75, 3.05) is 13.2 Å². The smallest absolute Gasteiger partial charge is 0.251 e. The molecule has 5 rings (SSSR count). The molecule has 0 aliphatic carbocycles. The van der Waals surface area contributed by atoms with Gasteiger partial charge in [0.1, 0.15) is 11.7 Å². The lowest BCUT2D eigenvalue weighted by Crippen LogP contribution is -2.57. The zero-order chi connectivity index (χ0) is 32.0. The molecule has 3 aromatic rings. The molecule has 3 amide bonds. The molecule has 0 bridgehead atoms. The van der Waals surface area contributed by atoms with E-state index in [1.54, 1.807) is 53.9 Å². The largest absolute Gasteiger partial charge is 0.491 e. The second kappa shape index (κ2) is 11.7. The average Bonchev–Trinajstić information content (AvgIpc) is 3.55. The van der Waals surface area contributed by atoms with Crippen LogP contribution in [-0.2, 0) is 14.4 Å². The third kappa shape index (κ3) is 5.37. The lowest BCUT2D eigenvalue weighted by molar-refractivity contribution is -0.157. The maximum absolute atomic E-state index is 14.9. The SMILES string of the molecule is CCOc1ccc(-c2cn(C3CCC(C)(C)N(C(=O)C(c4ccccc4)N4C(=O)CC(C)(C(C)C)C4=O)C3)nn2)c(F)c1F. The minimum absolute atomic E-state index is 0.0383. The van der Waals surface area contributed by atoms with Gasteiger partial charge in [-0.3, -0.25) is 19.3 Å². The molecule has 2 aromatic carbocycles. The van der Waals surface area contributed by atoms with E-state index >= 15 is 0 Å². The second-order valence-electron chi connectivity index (χ2n) is 12.8. The Kier molecular flexibility index (Phi) is 8.35. The number of amides is 3. The number of benzene rings is 2. The summed E-state index contributed by atoms with van der Waals surface area (Å²) in [7, 11) is 0. The third-order valence-electron chi connectivity index (χ3n) is 9.36. The summed E-state index contributed by atoms with van der Waals surface area (Å²) in [6, 6.07) is 10.2. The quantitative estimate of drug-likeness (QED) is 0.304. The molecule has 9 nitrogen and oxygen atoms in total. The van der Waals surface area contributed by atoms with Gasteiger partial charge >= 0.3 is 0 Å². The maximum atomic E-state index is 14.9. The average molecular weight is 608 g/mol. The van der Waals surface area contributed by atoms with Crippen LogP contribution in [0.1, 0.15) is 78.5 Å². The molecular weight excluding hydrogens is 568 g/mol. The molecule has 3 heterocycles. The Morgan fingerprint density at radius 3 is 2.41 bits per heavy atom. The van der Waals surface area contributed by atoms with Gasteiger partial charge in [-0.2, -0.15) is 4.39 Å². The minimum atomic E-state index is -1.12. The Balaban J connectivity index is 1.47. The van der Waals surface area contributed by atoms with E-state index in [1.807, 2.05) is 33.8 Å². The van der Waals surface area contributed by atoms with Crippen LogP contribution < -0.4 is 4.74 Å². The van der Waals surface area contributed by atoms with Crippen molar-refractivity contribution in [3.8, 4) is 17.0 Å². The first-order valence-electron chi connectivity index (χ1n) is 15.1. The molecule has 44 heavy (non-hydrogen) atoms. The molecule has 2 aliphatic heterocycles. The number of rotatable bonds is 8. The lowest BCUT2D eigenvalue weighted by atomic mass is 9.77. The zero-order valence-corrected chi connectivity index (χ0v) is 26.0. The number of imide groups is 1. The molecule has 2 fully saturated rings. The second-order valence-corrected chi connectivity index (χ2v) is 12.8. The van der Waals surface area contributed by atoms with Gasteiger partial charge in [0.05, 0.1) is 24.3 Å². The number of hydrogen-bond acceptors (Lipinski definition) is 6. The van der Waals surface area contributed by atoms with Crippen LogP contribution in [0.5, 0.6) is 5.75 Å². The Hall–Kier alpha value is -4.15. The minimum Gasteiger partial charge on any atom is -0.491 e. The van der Waals surface area contributed by atoms with Gasteiger partial charge in [0.2, 0.25) is 17.6 Å². The highest BCUT2D eigenvalue weighted by atomic mass is 19.2. The van der Waals surface area contributed by atoms with Gasteiger partial charge in [0, 0.05) is 24.1 Å². The van der Waals surface area contributed by atoms with Crippen molar-refractivity contribution in [3.05, 3.63) is 65.9 Å². The lowest BCUT2D eigenvalue weighted by Gasteiger charge is -2.47. The van der Waals surface area contributed by atoms with Crippen LogP contribution in [0, 0.1) is 23.0 Å². The van der Waals surface area contributed by atoms with Crippen LogP contribution in [0.2, 0.25) is 0 Å². The molecule has 3 unspecified atom stereocenters. The van der Waals surface area contributed by atoms with E-state index in [4.69, 9.17) is 4.74 Å². The molecule has 234 valence electrons. The van der Waals surface area contributed by atoms with E-state index in [0.717, 1.165) is 4.90 Å². The summed E-state index contributed by atoms with van der Waals surface area (Å²) < 4.78 is 36.2. The highest BCUT2D eigenvalue weighted by Gasteiger charge is 2.55. The van der Waals surface area contributed by atoms with Crippen molar-refractivity contribution in [3.63, 3.8) is 0 Å². The molecule has 3 atom stereocenters. The Morgan fingerprint density at radius 1 is 1.07 bits per heavy atom. The molecule has 2 saturated heterocycles. The summed E-state index contributed by atoms with van der Waals surface area (Å²) in [5.74, 6) is -3.53. The molecule has 0 N–H and O–H groups in total. The van der Waals surface area contributed by atoms with Crippen molar-refractivity contribution in [2.45, 2.75) is 78.4 Å². The summed E-state index contributed by atoms with van der Waals surface area (Å²) in [6.45, 7) is 11.6. The van der Waals surface area contributed by atoms with Gasteiger partial charge in [-0.1, -0.05) is 49.4 Å². The predicted octanol–water partition coefficient (Wildman–Crippen LogP) is 5.73. The fourth-order valence-corrected chi connectivity index (χ4v) is 6.14. The van der Waals surface area contributed by atoms with Gasteiger partial charge in [0.15, 0.2) is 11.6 Å². The van der Waals surface area contributed by atoms with E-state index in [2.05, 4.69) is 10.3 Å². The highest BCUT2D eigenvalue weighted by molar-refractivity contribution is 6.09. The highest BCUT2D eigenvalue weighted by Crippen LogP contribution is 2.44. The molecule has 0 saturated carbocycles. The number of hydrogen-bond donors (Lipinski definition) is 0. The van der Waals surface area contributed by atoms with Crippen LogP contribution in [0.4, 0.5) is 8.78 Å². The van der Waals surface area contributed by atoms with E-state index in [-0.39, 0.29) is 66.3 Å². The zero-order valence-electron chi connectivity index (χ0n) is 26.0. The predicted molar refractivity (Wildman–Crippen MR) is 159 cm³/mol. The van der Waals surface area contributed by atoms with E-state index in [9.17, 15) is 23.2 Å². The molecule has 0 radical (unpaired) electrons. The van der Waals surface area contributed by atoms with E-state index in [1.165, 1.54) is 12.1 Å². The van der Waals surface area contributed by atoms with Gasteiger partial charge in [-0.05, 0) is 64.2 Å². The summed E-state index contributed by atoms with van der Waals surface area (Å²) in [5.41, 5.74) is -0.847. The van der Waals surface area contributed by atoms with Crippen molar-refractivity contribution in [1.82, 2.24) is 24.8 Å². The van der Waals surface area contributed by atoms with Gasteiger partial charge in [0.25, 0.3) is 5.91 Å². The fraction of sp³-hybridized carbons (Fsp3) is 0.485. The maximum Gasteiger partial charge on any atom is 0.251 e. The monoisotopic (exact) mass is 607 g/mol. The molecule has 0 spiro atoms. The third-order valence-corrected chi connectivity index (χ3v) is 9.36. The molecular formula is C33H39F2N5O4. The Labute approximate surface area is 256 Å². The van der Waals surface area contributed by atoms with Gasteiger partial charge < -0.3 is 9.64 Å². The summed E-state index contributed by atoms with van der Waals surface area (Å²) in [6.07, 6.45) is 2.82. The van der Waals surface area contributed by atoms with Crippen LogP contribution in [0.25, 0.3) is 11.3 Å². The van der Waals surface area contributed by atoms with Crippen molar-refractivity contribution >= 4 is 17.7 Å². The number of aromatic nitrogens is 3. The van der Waals surface area contributed by atoms with E-state index in [0.29, 0.717) is 18.4 Å².